The molecular weight excluding hydrogens is 519 g/mol. The highest BCUT2D eigenvalue weighted by atomic mass is 19.4. The Labute approximate surface area is 206 Å². The predicted octanol–water partition coefficient (Wildman–Crippen LogP) is 7.67. The molecule has 0 unspecified atom stereocenters. The summed E-state index contributed by atoms with van der Waals surface area (Å²) in [4.78, 5) is 13.8. The fourth-order valence-electron chi connectivity index (χ4n) is 4.50. The Bertz CT molecular complexity index is 1110. The average Bonchev–Trinajstić information content (AvgIpc) is 2.80. The van der Waals surface area contributed by atoms with E-state index in [-0.39, 0.29) is 36.8 Å². The van der Waals surface area contributed by atoms with Crippen LogP contribution < -0.4 is 10.6 Å². The topological polar surface area (TPSA) is 55.6 Å². The molecule has 0 spiro atoms. The van der Waals surface area contributed by atoms with Crippen molar-refractivity contribution in [2.24, 2.45) is 5.73 Å². The van der Waals surface area contributed by atoms with Crippen LogP contribution >= 0.6 is 0 Å². The summed E-state index contributed by atoms with van der Waals surface area (Å²) in [5.41, 5.74) is 1.24. The second-order valence-electron chi connectivity index (χ2n) is 8.61. The first kappa shape index (κ1) is 28.6. The van der Waals surface area contributed by atoms with Gasteiger partial charge < -0.3 is 10.5 Å². The van der Waals surface area contributed by atoms with Crippen LogP contribution in [0.2, 0.25) is 0 Å². The number of alkyl halides is 9. The maximum atomic E-state index is 13.5. The van der Waals surface area contributed by atoms with Gasteiger partial charge >= 0.3 is 24.6 Å². The number of hydrogen-bond donors (Lipinski definition) is 1. The van der Waals surface area contributed by atoms with E-state index in [2.05, 4.69) is 0 Å². The van der Waals surface area contributed by atoms with Gasteiger partial charge in [-0.2, -0.15) is 39.5 Å². The summed E-state index contributed by atoms with van der Waals surface area (Å²) in [7, 11) is 0. The lowest BCUT2D eigenvalue weighted by atomic mass is 9.77. The Morgan fingerprint density at radius 2 is 1.46 bits per heavy atom. The molecule has 4 nitrogen and oxygen atoms in total. The van der Waals surface area contributed by atoms with Gasteiger partial charge in [0, 0.05) is 18.0 Å². The molecule has 3 atom stereocenters. The average molecular weight is 542 g/mol. The molecule has 1 heterocycles. The number of rotatable bonds is 4. The number of fused-ring (bicyclic) bond motifs is 1. The molecule has 13 heteroatoms. The molecule has 1 aliphatic heterocycles. The molecule has 204 valence electrons. The van der Waals surface area contributed by atoms with E-state index in [1.165, 1.54) is 6.92 Å². The van der Waals surface area contributed by atoms with E-state index in [1.54, 1.807) is 6.92 Å². The lowest BCUT2D eigenvalue weighted by molar-refractivity contribution is -0.143. The van der Waals surface area contributed by atoms with E-state index < -0.39 is 64.9 Å². The number of amides is 1. The first-order chi connectivity index (χ1) is 17.0. The normalized spacial score (nSPS) is 19.4. The number of benzene rings is 2. The molecule has 0 aromatic heterocycles. The molecule has 1 aliphatic rings. The van der Waals surface area contributed by atoms with Crippen molar-refractivity contribution in [3.8, 4) is 0 Å². The summed E-state index contributed by atoms with van der Waals surface area (Å²) >= 11 is 0. The van der Waals surface area contributed by atoms with E-state index in [4.69, 9.17) is 10.5 Å². The summed E-state index contributed by atoms with van der Waals surface area (Å²) in [6.07, 6.45) is -15.8. The Hall–Kier alpha value is -2.96. The van der Waals surface area contributed by atoms with Gasteiger partial charge in [0.25, 0.3) is 0 Å². The third kappa shape index (κ3) is 5.97. The number of carbonyl (C=O) groups is 1. The standard InChI is InChI=1S/C24H23F9N2O2/c1-3-16-11-18(20(34)12-7-14(23(28,29)30)9-15(8-12)24(31,32)33)17-10-13(22(25,26)27)5-6-19(17)35(16)21(36)37-4-2/h5-10,16,18,20H,3-4,11,34H2,1-2H3/t16-,18+,20+/m1/s1. The summed E-state index contributed by atoms with van der Waals surface area (Å²) < 4.78 is 126. The number of ether oxygens (including phenoxy) is 1. The highest BCUT2D eigenvalue weighted by Crippen LogP contribution is 2.48. The van der Waals surface area contributed by atoms with Crippen LogP contribution in [-0.4, -0.2) is 18.7 Å². The molecule has 3 rings (SSSR count). The molecule has 0 radical (unpaired) electrons. The third-order valence-electron chi connectivity index (χ3n) is 6.27. The molecule has 0 saturated heterocycles. The zero-order valence-electron chi connectivity index (χ0n) is 19.6. The van der Waals surface area contributed by atoms with E-state index in [0.717, 1.165) is 23.1 Å². The molecule has 0 bridgehead atoms. The van der Waals surface area contributed by atoms with Crippen molar-refractivity contribution < 1.29 is 49.0 Å². The van der Waals surface area contributed by atoms with Gasteiger partial charge in [0.05, 0.1) is 29.0 Å². The maximum absolute atomic E-state index is 13.5. The minimum atomic E-state index is -5.13. The fourth-order valence-corrected chi connectivity index (χ4v) is 4.50. The van der Waals surface area contributed by atoms with E-state index in [0.29, 0.717) is 12.1 Å². The largest absolute Gasteiger partial charge is 0.449 e. The van der Waals surface area contributed by atoms with E-state index >= 15 is 0 Å². The monoisotopic (exact) mass is 542 g/mol. The molecule has 2 N–H and O–H groups in total. The minimum Gasteiger partial charge on any atom is -0.449 e. The second-order valence-corrected chi connectivity index (χ2v) is 8.61. The van der Waals surface area contributed by atoms with E-state index in [1.807, 2.05) is 0 Å². The van der Waals surface area contributed by atoms with Crippen LogP contribution in [0.25, 0.3) is 0 Å². The van der Waals surface area contributed by atoms with Crippen molar-refractivity contribution in [1.82, 2.24) is 0 Å². The van der Waals surface area contributed by atoms with Gasteiger partial charge in [-0.25, -0.2) is 4.79 Å². The van der Waals surface area contributed by atoms with Gasteiger partial charge in [0.15, 0.2) is 0 Å². The van der Waals surface area contributed by atoms with Crippen LogP contribution in [0.15, 0.2) is 36.4 Å². The number of nitrogens with two attached hydrogens (primary N) is 1. The number of halogens is 9. The van der Waals surface area contributed by atoms with Crippen LogP contribution in [0, 0.1) is 0 Å². The van der Waals surface area contributed by atoms with Gasteiger partial charge in [0.1, 0.15) is 0 Å². The summed E-state index contributed by atoms with van der Waals surface area (Å²) in [5.74, 6) is -1.14. The predicted molar refractivity (Wildman–Crippen MR) is 116 cm³/mol. The SMILES string of the molecule is CCOC(=O)N1c2ccc(C(F)(F)F)cc2[C@@H]([C@@H](N)c2cc(C(F)(F)F)cc(C(F)(F)F)c2)C[C@H]1CC. The number of anilines is 1. The highest BCUT2D eigenvalue weighted by molar-refractivity contribution is 5.90. The quantitative estimate of drug-likeness (QED) is 0.404. The van der Waals surface area contributed by atoms with Gasteiger partial charge in [-0.05, 0) is 67.3 Å². The summed E-state index contributed by atoms with van der Waals surface area (Å²) in [5, 5.41) is 0. The van der Waals surface area contributed by atoms with Crippen LogP contribution in [0.3, 0.4) is 0 Å². The molecule has 0 aliphatic carbocycles. The Morgan fingerprint density at radius 3 is 1.92 bits per heavy atom. The van der Waals surface area contributed by atoms with Crippen molar-refractivity contribution in [2.45, 2.75) is 63.2 Å². The van der Waals surface area contributed by atoms with Gasteiger partial charge in [-0.1, -0.05) is 6.92 Å². The third-order valence-corrected chi connectivity index (χ3v) is 6.27. The Morgan fingerprint density at radius 1 is 0.919 bits per heavy atom. The molecular formula is C24H23F9N2O2. The van der Waals surface area contributed by atoms with Crippen molar-refractivity contribution in [2.75, 3.05) is 11.5 Å². The van der Waals surface area contributed by atoms with E-state index in [9.17, 15) is 44.3 Å². The fraction of sp³-hybridized carbons (Fsp3) is 0.458. The van der Waals surface area contributed by atoms with Crippen LogP contribution in [0.5, 0.6) is 0 Å². The van der Waals surface area contributed by atoms with Gasteiger partial charge in [-0.15, -0.1) is 0 Å². The molecule has 2 aromatic rings. The minimum absolute atomic E-state index is 0.00646. The number of hydrogen-bond acceptors (Lipinski definition) is 3. The first-order valence-electron chi connectivity index (χ1n) is 11.2. The Balaban J connectivity index is 2.22. The van der Waals surface area contributed by atoms with Crippen molar-refractivity contribution in [3.63, 3.8) is 0 Å². The van der Waals surface area contributed by atoms with Crippen LogP contribution in [-0.2, 0) is 23.3 Å². The smallest absolute Gasteiger partial charge is 0.416 e. The first-order valence-corrected chi connectivity index (χ1v) is 11.2. The highest BCUT2D eigenvalue weighted by Gasteiger charge is 2.43. The van der Waals surface area contributed by atoms with Crippen molar-refractivity contribution in [1.29, 1.82) is 0 Å². The van der Waals surface area contributed by atoms with Gasteiger partial charge in [0.2, 0.25) is 0 Å². The molecule has 37 heavy (non-hydrogen) atoms. The maximum Gasteiger partial charge on any atom is 0.416 e. The number of carbonyl (C=O) groups excluding carboxylic acids is 1. The molecule has 0 saturated carbocycles. The van der Waals surface area contributed by atoms with Crippen LogP contribution in [0.1, 0.15) is 66.5 Å². The van der Waals surface area contributed by atoms with Crippen LogP contribution in [0.4, 0.5) is 50.0 Å². The zero-order valence-corrected chi connectivity index (χ0v) is 19.6. The summed E-state index contributed by atoms with van der Waals surface area (Å²) in [6, 6.07) is 1.12. The zero-order chi connectivity index (χ0) is 27.9. The lowest BCUT2D eigenvalue weighted by Gasteiger charge is -2.42. The number of nitrogens with zero attached hydrogens (tertiary/aromatic N) is 1. The molecule has 2 aromatic carbocycles. The van der Waals surface area contributed by atoms with Crippen molar-refractivity contribution in [3.05, 3.63) is 64.2 Å². The van der Waals surface area contributed by atoms with Gasteiger partial charge in [-0.3, -0.25) is 4.90 Å². The molecule has 0 fully saturated rings. The Kier molecular flexibility index (Phi) is 7.79. The second kappa shape index (κ2) is 10.1. The summed E-state index contributed by atoms with van der Waals surface area (Å²) in [6.45, 7) is 3.16. The van der Waals surface area contributed by atoms with Crippen molar-refractivity contribution >= 4 is 11.8 Å². The molecule has 1 amide bonds. The lowest BCUT2D eigenvalue weighted by Crippen LogP contribution is -2.46.